The van der Waals surface area contributed by atoms with E-state index >= 15 is 0 Å². The van der Waals surface area contributed by atoms with Crippen molar-refractivity contribution in [2.75, 3.05) is 12.4 Å². The van der Waals surface area contributed by atoms with Crippen LogP contribution in [0.1, 0.15) is 11.3 Å². The highest BCUT2D eigenvalue weighted by molar-refractivity contribution is 5.42. The molecule has 0 atom stereocenters. The molecule has 0 unspecified atom stereocenters. The minimum atomic E-state index is -0.356. The van der Waals surface area contributed by atoms with Crippen molar-refractivity contribution in [3.05, 3.63) is 53.6 Å². The predicted octanol–water partition coefficient (Wildman–Crippen LogP) is 3.15. The summed E-state index contributed by atoms with van der Waals surface area (Å²) in [5.74, 6) is -0.1000. The van der Waals surface area contributed by atoms with E-state index in [-0.39, 0.29) is 18.2 Å². The highest BCUT2D eigenvalue weighted by Crippen LogP contribution is 2.19. The molecule has 1 aromatic heterocycles. The highest BCUT2D eigenvalue weighted by Gasteiger charge is 2.04. The summed E-state index contributed by atoms with van der Waals surface area (Å²) < 4.78 is 18.9. The number of hydrogen-bond acceptors (Lipinski definition) is 3. The van der Waals surface area contributed by atoms with E-state index < -0.39 is 0 Å². The fraction of sp³-hybridized carbons (Fsp3) is 0.214. The summed E-state index contributed by atoms with van der Waals surface area (Å²) in [6, 6.07) is 8.52. The Bertz CT molecular complexity index is 543. The third-order valence-electron chi connectivity index (χ3n) is 2.57. The number of nitrogens with one attached hydrogen (secondary N) is 1. The summed E-state index contributed by atoms with van der Waals surface area (Å²) >= 11 is 0. The maximum absolute atomic E-state index is 13.5. The van der Waals surface area contributed by atoms with Crippen molar-refractivity contribution in [2.45, 2.75) is 13.5 Å². The van der Waals surface area contributed by atoms with Gasteiger partial charge in [0, 0.05) is 18.9 Å². The molecule has 94 valence electrons. The van der Waals surface area contributed by atoms with E-state index in [0.29, 0.717) is 0 Å². The van der Waals surface area contributed by atoms with Gasteiger partial charge in [0.1, 0.15) is 6.61 Å². The molecular weight excluding hydrogens is 231 g/mol. The maximum atomic E-state index is 13.5. The van der Waals surface area contributed by atoms with Gasteiger partial charge in [-0.2, -0.15) is 0 Å². The molecule has 0 aliphatic rings. The molecule has 1 heterocycles. The van der Waals surface area contributed by atoms with Gasteiger partial charge in [-0.1, -0.05) is 6.07 Å². The largest absolute Gasteiger partial charge is 0.484 e. The molecule has 1 aromatic carbocycles. The Morgan fingerprint density at radius 3 is 2.89 bits per heavy atom. The molecule has 4 heteroatoms. The van der Waals surface area contributed by atoms with Crippen molar-refractivity contribution >= 4 is 5.69 Å². The standard InChI is InChI=1S/C14H15FN2O/c1-10-3-4-13(15)14(7-10)18-9-12-8-11(16-2)5-6-17-12/h3-8H,9H2,1-2H3,(H,16,17). The number of benzene rings is 1. The van der Waals surface area contributed by atoms with Crippen LogP contribution in [0.25, 0.3) is 0 Å². The van der Waals surface area contributed by atoms with Crippen LogP contribution in [-0.4, -0.2) is 12.0 Å². The third kappa shape index (κ3) is 2.97. The Hall–Kier alpha value is -2.10. The molecule has 0 aliphatic heterocycles. The van der Waals surface area contributed by atoms with Crippen molar-refractivity contribution in [3.63, 3.8) is 0 Å². The third-order valence-corrected chi connectivity index (χ3v) is 2.57. The van der Waals surface area contributed by atoms with E-state index in [1.54, 1.807) is 18.3 Å². The summed E-state index contributed by atoms with van der Waals surface area (Å²) in [6.45, 7) is 2.14. The number of pyridine rings is 1. The minimum absolute atomic E-state index is 0.246. The zero-order chi connectivity index (χ0) is 13.0. The zero-order valence-corrected chi connectivity index (χ0v) is 10.4. The van der Waals surface area contributed by atoms with Crippen LogP contribution in [0.2, 0.25) is 0 Å². The number of aromatic nitrogens is 1. The number of ether oxygens (including phenoxy) is 1. The lowest BCUT2D eigenvalue weighted by Gasteiger charge is -2.08. The van der Waals surface area contributed by atoms with E-state index in [9.17, 15) is 4.39 Å². The SMILES string of the molecule is CNc1ccnc(COc2cc(C)ccc2F)c1. The quantitative estimate of drug-likeness (QED) is 0.899. The molecule has 0 radical (unpaired) electrons. The first-order valence-electron chi connectivity index (χ1n) is 5.70. The molecule has 1 N–H and O–H groups in total. The summed E-state index contributed by atoms with van der Waals surface area (Å²) in [7, 11) is 1.83. The molecule has 0 amide bonds. The van der Waals surface area contributed by atoms with E-state index in [1.165, 1.54) is 6.07 Å². The van der Waals surface area contributed by atoms with Crippen LogP contribution < -0.4 is 10.1 Å². The Balaban J connectivity index is 2.08. The first kappa shape index (κ1) is 12.4. The Kier molecular flexibility index (Phi) is 3.77. The summed E-state index contributed by atoms with van der Waals surface area (Å²) in [4.78, 5) is 4.17. The van der Waals surface area contributed by atoms with Gasteiger partial charge in [-0.25, -0.2) is 4.39 Å². The van der Waals surface area contributed by atoms with Gasteiger partial charge in [0.25, 0.3) is 0 Å². The van der Waals surface area contributed by atoms with Crippen molar-refractivity contribution in [1.29, 1.82) is 0 Å². The minimum Gasteiger partial charge on any atom is -0.484 e. The normalized spacial score (nSPS) is 10.2. The first-order chi connectivity index (χ1) is 8.69. The number of anilines is 1. The summed E-state index contributed by atoms with van der Waals surface area (Å²) in [5.41, 5.74) is 2.67. The molecular formula is C14H15FN2O. The fourth-order valence-corrected chi connectivity index (χ4v) is 1.59. The van der Waals surface area contributed by atoms with Crippen LogP contribution >= 0.6 is 0 Å². The molecule has 2 aromatic rings. The molecule has 2 rings (SSSR count). The van der Waals surface area contributed by atoms with Gasteiger partial charge in [-0.3, -0.25) is 4.98 Å². The summed E-state index contributed by atoms with van der Waals surface area (Å²) in [6.07, 6.45) is 1.69. The second-order valence-electron chi connectivity index (χ2n) is 4.01. The van der Waals surface area contributed by atoms with Crippen LogP contribution in [0.15, 0.2) is 36.5 Å². The average Bonchev–Trinajstić information content (AvgIpc) is 2.40. The Labute approximate surface area is 106 Å². The van der Waals surface area contributed by atoms with E-state index in [4.69, 9.17) is 4.74 Å². The van der Waals surface area contributed by atoms with Gasteiger partial charge in [0.15, 0.2) is 11.6 Å². The van der Waals surface area contributed by atoms with Crippen LogP contribution in [0.5, 0.6) is 5.75 Å². The molecule has 0 saturated heterocycles. The van der Waals surface area contributed by atoms with Crippen molar-refractivity contribution in [1.82, 2.24) is 4.98 Å². The van der Waals surface area contributed by atoms with E-state index in [0.717, 1.165) is 16.9 Å². The summed E-state index contributed by atoms with van der Waals surface area (Å²) in [5, 5.41) is 3.02. The highest BCUT2D eigenvalue weighted by atomic mass is 19.1. The lowest BCUT2D eigenvalue weighted by molar-refractivity contribution is 0.286. The predicted molar refractivity (Wildman–Crippen MR) is 69.3 cm³/mol. The lowest BCUT2D eigenvalue weighted by atomic mass is 10.2. The van der Waals surface area contributed by atoms with Crippen molar-refractivity contribution < 1.29 is 9.13 Å². The van der Waals surface area contributed by atoms with Gasteiger partial charge in [0.2, 0.25) is 0 Å². The number of aryl methyl sites for hydroxylation is 1. The molecule has 0 saturated carbocycles. The van der Waals surface area contributed by atoms with Gasteiger partial charge < -0.3 is 10.1 Å². The van der Waals surface area contributed by atoms with E-state index in [1.807, 2.05) is 26.1 Å². The molecule has 18 heavy (non-hydrogen) atoms. The first-order valence-corrected chi connectivity index (χ1v) is 5.70. The molecule has 0 fully saturated rings. The van der Waals surface area contributed by atoms with Crippen LogP contribution in [-0.2, 0) is 6.61 Å². The number of nitrogens with zero attached hydrogens (tertiary/aromatic N) is 1. The fourth-order valence-electron chi connectivity index (χ4n) is 1.59. The average molecular weight is 246 g/mol. The van der Waals surface area contributed by atoms with Crippen molar-refractivity contribution in [2.24, 2.45) is 0 Å². The monoisotopic (exact) mass is 246 g/mol. The van der Waals surface area contributed by atoms with Crippen molar-refractivity contribution in [3.8, 4) is 5.75 Å². The van der Waals surface area contributed by atoms with Gasteiger partial charge in [0.05, 0.1) is 5.69 Å². The maximum Gasteiger partial charge on any atom is 0.165 e. The van der Waals surface area contributed by atoms with Crippen LogP contribution in [0.3, 0.4) is 0 Å². The Morgan fingerprint density at radius 2 is 2.11 bits per heavy atom. The van der Waals surface area contributed by atoms with Crippen LogP contribution in [0.4, 0.5) is 10.1 Å². The second-order valence-corrected chi connectivity index (χ2v) is 4.01. The number of hydrogen-bond donors (Lipinski definition) is 1. The molecule has 0 spiro atoms. The van der Waals surface area contributed by atoms with Crippen LogP contribution in [0, 0.1) is 12.7 Å². The molecule has 3 nitrogen and oxygen atoms in total. The smallest absolute Gasteiger partial charge is 0.165 e. The van der Waals surface area contributed by atoms with Gasteiger partial charge >= 0.3 is 0 Å². The zero-order valence-electron chi connectivity index (χ0n) is 10.4. The van der Waals surface area contributed by atoms with Gasteiger partial charge in [-0.05, 0) is 36.8 Å². The molecule has 0 bridgehead atoms. The second kappa shape index (κ2) is 5.49. The molecule has 0 aliphatic carbocycles. The van der Waals surface area contributed by atoms with E-state index in [2.05, 4.69) is 10.3 Å². The number of halogens is 1. The lowest BCUT2D eigenvalue weighted by Crippen LogP contribution is -2.01. The van der Waals surface area contributed by atoms with Gasteiger partial charge in [-0.15, -0.1) is 0 Å². The Morgan fingerprint density at radius 1 is 1.28 bits per heavy atom. The number of rotatable bonds is 4. The topological polar surface area (TPSA) is 34.2 Å².